The van der Waals surface area contributed by atoms with Crippen LogP contribution in [0.4, 0.5) is 0 Å². The van der Waals surface area contributed by atoms with Crippen molar-refractivity contribution in [2.75, 3.05) is 0 Å². The molecule has 2 heterocycles. The average molecular weight is 282 g/mol. The lowest BCUT2D eigenvalue weighted by Crippen LogP contribution is -1.93. The first-order chi connectivity index (χ1) is 9.78. The summed E-state index contributed by atoms with van der Waals surface area (Å²) in [6.07, 6.45) is 3.12. The van der Waals surface area contributed by atoms with Gasteiger partial charge in [-0.15, -0.1) is 0 Å². The van der Waals surface area contributed by atoms with E-state index in [1.807, 2.05) is 6.07 Å². The van der Waals surface area contributed by atoms with Crippen molar-refractivity contribution in [1.29, 1.82) is 5.26 Å². The molecule has 0 aliphatic rings. The third-order valence-electron chi connectivity index (χ3n) is 2.76. The van der Waals surface area contributed by atoms with Crippen LogP contribution in [0.15, 0.2) is 48.8 Å². The molecule has 3 aromatic rings. The fraction of sp³-hybridized carbons (Fsp3) is 0. The number of pyridine rings is 2. The molecule has 96 valence electrons. The van der Waals surface area contributed by atoms with Crippen LogP contribution in [0, 0.1) is 11.3 Å². The lowest BCUT2D eigenvalue weighted by atomic mass is 10.1. The number of fused-ring (bicyclic) bond motifs is 1. The molecule has 0 amide bonds. The summed E-state index contributed by atoms with van der Waals surface area (Å²) in [6, 6.07) is 12.6. The van der Waals surface area contributed by atoms with Crippen molar-refractivity contribution >= 4 is 22.5 Å². The van der Waals surface area contributed by atoms with Gasteiger partial charge >= 0.3 is 0 Å². The normalized spacial score (nSPS) is 10.2. The first kappa shape index (κ1) is 12.4. The van der Waals surface area contributed by atoms with Crippen LogP contribution < -0.4 is 4.74 Å². The van der Waals surface area contributed by atoms with Gasteiger partial charge in [0.05, 0.1) is 5.56 Å². The maximum atomic E-state index is 9.07. The Kier molecular flexibility index (Phi) is 3.20. The minimum Gasteiger partial charge on any atom is -0.437 e. The summed E-state index contributed by atoms with van der Waals surface area (Å²) in [5.74, 6) is 0.973. The molecule has 0 N–H and O–H groups in total. The van der Waals surface area contributed by atoms with Gasteiger partial charge in [-0.3, -0.25) is 4.98 Å². The molecule has 0 fully saturated rings. The number of benzene rings is 1. The lowest BCUT2D eigenvalue weighted by Gasteiger charge is -2.07. The van der Waals surface area contributed by atoms with Crippen molar-refractivity contribution in [2.24, 2.45) is 0 Å². The molecule has 0 saturated heterocycles. The van der Waals surface area contributed by atoms with Gasteiger partial charge in [0.15, 0.2) is 0 Å². The van der Waals surface area contributed by atoms with Crippen LogP contribution in [0.1, 0.15) is 5.56 Å². The lowest BCUT2D eigenvalue weighted by molar-refractivity contribution is 0.468. The van der Waals surface area contributed by atoms with Crippen LogP contribution in [0.3, 0.4) is 0 Å². The number of rotatable bonds is 2. The van der Waals surface area contributed by atoms with Gasteiger partial charge < -0.3 is 4.74 Å². The van der Waals surface area contributed by atoms with E-state index in [0.717, 1.165) is 0 Å². The third kappa shape index (κ3) is 2.27. The Hall–Kier alpha value is -2.64. The molecule has 0 radical (unpaired) electrons. The molecule has 1 aromatic carbocycles. The van der Waals surface area contributed by atoms with Gasteiger partial charge in [0.2, 0.25) is 5.88 Å². The van der Waals surface area contributed by atoms with E-state index in [1.165, 1.54) is 6.20 Å². The number of halogens is 1. The summed E-state index contributed by atoms with van der Waals surface area (Å²) in [7, 11) is 0. The summed E-state index contributed by atoms with van der Waals surface area (Å²) >= 11 is 5.83. The minimum absolute atomic E-state index is 0.363. The van der Waals surface area contributed by atoms with E-state index in [2.05, 4.69) is 16.0 Å². The minimum atomic E-state index is 0.363. The van der Waals surface area contributed by atoms with Crippen LogP contribution >= 0.6 is 11.6 Å². The van der Waals surface area contributed by atoms with Gasteiger partial charge in [-0.05, 0) is 36.4 Å². The molecule has 0 bridgehead atoms. The Morgan fingerprint density at radius 2 is 1.90 bits per heavy atom. The molecule has 0 aliphatic heterocycles. The molecular formula is C15H8ClN3O. The summed E-state index contributed by atoms with van der Waals surface area (Å²) < 4.78 is 5.70. The van der Waals surface area contributed by atoms with E-state index < -0.39 is 0 Å². The predicted molar refractivity (Wildman–Crippen MR) is 75.8 cm³/mol. The summed E-state index contributed by atoms with van der Waals surface area (Å²) in [5, 5.41) is 10.4. The van der Waals surface area contributed by atoms with Crippen LogP contribution in [0.2, 0.25) is 5.02 Å². The molecule has 5 heteroatoms. The van der Waals surface area contributed by atoms with Crippen LogP contribution in [-0.2, 0) is 0 Å². The molecular weight excluding hydrogens is 274 g/mol. The second kappa shape index (κ2) is 5.16. The third-order valence-corrected chi connectivity index (χ3v) is 3.01. The average Bonchev–Trinajstić information content (AvgIpc) is 2.50. The zero-order chi connectivity index (χ0) is 13.9. The highest BCUT2D eigenvalue weighted by atomic mass is 35.5. The topological polar surface area (TPSA) is 58.8 Å². The molecule has 20 heavy (non-hydrogen) atoms. The molecule has 0 atom stereocenters. The fourth-order valence-electron chi connectivity index (χ4n) is 1.82. The number of nitrogens with zero attached hydrogens (tertiary/aromatic N) is 3. The van der Waals surface area contributed by atoms with Gasteiger partial charge in [-0.1, -0.05) is 11.6 Å². The Morgan fingerprint density at radius 3 is 2.65 bits per heavy atom. The van der Waals surface area contributed by atoms with E-state index in [1.54, 1.807) is 36.5 Å². The van der Waals surface area contributed by atoms with Gasteiger partial charge in [0, 0.05) is 22.8 Å². The highest BCUT2D eigenvalue weighted by Crippen LogP contribution is 2.28. The van der Waals surface area contributed by atoms with E-state index in [-0.39, 0.29) is 0 Å². The number of hydrogen-bond acceptors (Lipinski definition) is 4. The van der Waals surface area contributed by atoms with Gasteiger partial charge in [-0.2, -0.15) is 5.26 Å². The summed E-state index contributed by atoms with van der Waals surface area (Å²) in [6.45, 7) is 0. The molecule has 4 nitrogen and oxygen atoms in total. The maximum Gasteiger partial charge on any atom is 0.246 e. The predicted octanol–water partition coefficient (Wildman–Crippen LogP) is 3.95. The molecule has 3 rings (SSSR count). The molecule has 0 saturated carbocycles. The van der Waals surface area contributed by atoms with Gasteiger partial charge in [0.25, 0.3) is 0 Å². The van der Waals surface area contributed by atoms with Crippen molar-refractivity contribution in [2.45, 2.75) is 0 Å². The Bertz CT molecular complexity index is 809. The van der Waals surface area contributed by atoms with E-state index in [9.17, 15) is 0 Å². The van der Waals surface area contributed by atoms with E-state index >= 15 is 0 Å². The van der Waals surface area contributed by atoms with Crippen LogP contribution in [0.25, 0.3) is 10.9 Å². The first-order valence-electron chi connectivity index (χ1n) is 5.85. The molecule has 0 unspecified atom stereocenters. The Labute approximate surface area is 120 Å². The maximum absolute atomic E-state index is 9.07. The number of nitriles is 1. The highest BCUT2D eigenvalue weighted by molar-refractivity contribution is 6.30. The number of hydrogen-bond donors (Lipinski definition) is 0. The highest BCUT2D eigenvalue weighted by Gasteiger charge is 2.10. The quantitative estimate of drug-likeness (QED) is 0.714. The van der Waals surface area contributed by atoms with Crippen LogP contribution in [0.5, 0.6) is 11.6 Å². The SMILES string of the molecule is N#Cc1cnc(Oc2ccc(Cl)cc2)c2ncccc12. The van der Waals surface area contributed by atoms with E-state index in [0.29, 0.717) is 33.1 Å². The van der Waals surface area contributed by atoms with E-state index in [4.69, 9.17) is 21.6 Å². The second-order valence-electron chi connectivity index (χ2n) is 4.04. The largest absolute Gasteiger partial charge is 0.437 e. The summed E-state index contributed by atoms with van der Waals surface area (Å²) in [4.78, 5) is 8.39. The van der Waals surface area contributed by atoms with Gasteiger partial charge in [0.1, 0.15) is 17.3 Å². The van der Waals surface area contributed by atoms with Crippen molar-refractivity contribution in [3.8, 4) is 17.7 Å². The summed E-state index contributed by atoms with van der Waals surface area (Å²) in [5.41, 5.74) is 1.03. The van der Waals surface area contributed by atoms with Crippen LogP contribution in [-0.4, -0.2) is 9.97 Å². The molecule has 0 spiro atoms. The second-order valence-corrected chi connectivity index (χ2v) is 4.48. The Morgan fingerprint density at radius 1 is 1.10 bits per heavy atom. The monoisotopic (exact) mass is 281 g/mol. The zero-order valence-electron chi connectivity index (χ0n) is 10.2. The molecule has 2 aromatic heterocycles. The Balaban J connectivity index is 2.09. The molecule has 0 aliphatic carbocycles. The first-order valence-corrected chi connectivity index (χ1v) is 6.23. The van der Waals surface area contributed by atoms with Crippen molar-refractivity contribution in [3.63, 3.8) is 0 Å². The number of aromatic nitrogens is 2. The standard InChI is InChI=1S/C15H8ClN3O/c16-11-3-5-12(6-4-11)20-15-14-13(2-1-7-18-14)10(8-17)9-19-15/h1-7,9H. The fourth-order valence-corrected chi connectivity index (χ4v) is 1.95. The van der Waals surface area contributed by atoms with Crippen molar-refractivity contribution in [1.82, 2.24) is 9.97 Å². The van der Waals surface area contributed by atoms with Crippen molar-refractivity contribution in [3.05, 3.63) is 59.4 Å². The van der Waals surface area contributed by atoms with Gasteiger partial charge in [-0.25, -0.2) is 4.98 Å². The number of ether oxygens (including phenoxy) is 1. The zero-order valence-corrected chi connectivity index (χ0v) is 11.0. The smallest absolute Gasteiger partial charge is 0.246 e. The van der Waals surface area contributed by atoms with Crippen molar-refractivity contribution < 1.29 is 4.74 Å².